The summed E-state index contributed by atoms with van der Waals surface area (Å²) in [6, 6.07) is 14.7. The van der Waals surface area contributed by atoms with Gasteiger partial charge in [-0.05, 0) is 49.2 Å². The van der Waals surface area contributed by atoms with E-state index in [4.69, 9.17) is 0 Å². The number of para-hydroxylation sites is 1. The number of hydrogen-bond donors (Lipinski definition) is 2. The van der Waals surface area contributed by atoms with Crippen LogP contribution in [0.15, 0.2) is 59.8 Å². The van der Waals surface area contributed by atoms with Crippen molar-refractivity contribution in [2.45, 2.75) is 30.7 Å². The molecule has 0 saturated heterocycles. The van der Waals surface area contributed by atoms with Crippen LogP contribution in [0.25, 0.3) is 0 Å². The van der Waals surface area contributed by atoms with Gasteiger partial charge < -0.3 is 10.2 Å². The molecular formula is C20H21N5O3S2. The molecule has 1 amide bonds. The molecule has 4 rings (SSSR count). The van der Waals surface area contributed by atoms with Gasteiger partial charge in [-0.1, -0.05) is 18.2 Å². The Bertz CT molecular complexity index is 1130. The second-order valence-electron chi connectivity index (χ2n) is 7.05. The Morgan fingerprint density at radius 1 is 1.20 bits per heavy atom. The molecule has 3 aromatic rings. The first kappa shape index (κ1) is 20.3. The zero-order valence-electron chi connectivity index (χ0n) is 16.3. The highest BCUT2D eigenvalue weighted by Crippen LogP contribution is 2.31. The van der Waals surface area contributed by atoms with Crippen LogP contribution in [-0.4, -0.2) is 36.3 Å². The normalized spacial score (nSPS) is 15.6. The predicted octanol–water partition coefficient (Wildman–Crippen LogP) is 3.12. The molecule has 8 nitrogen and oxygen atoms in total. The number of anilines is 3. The molecule has 1 aliphatic heterocycles. The van der Waals surface area contributed by atoms with Crippen LogP contribution in [0.5, 0.6) is 0 Å². The van der Waals surface area contributed by atoms with Gasteiger partial charge in [0, 0.05) is 41.9 Å². The van der Waals surface area contributed by atoms with Crippen LogP contribution < -0.4 is 14.9 Å². The maximum atomic E-state index is 12.4. The standard InChI is InChI=1S/C20H21N5O3S2/c1-14-12-15-4-2-3-5-18(15)25(14)11-10-19(26)23-16-6-8-17(9-7-16)30(27,28)24-20-21-13-22-29-20/h2-9,13-14H,10-12H2,1H3,(H,23,26)(H,21,22,24). The second kappa shape index (κ2) is 8.41. The van der Waals surface area contributed by atoms with Crippen LogP contribution in [0.2, 0.25) is 0 Å². The molecule has 0 bridgehead atoms. The number of carbonyl (C=O) groups excluding carboxylic acids is 1. The van der Waals surface area contributed by atoms with Crippen molar-refractivity contribution in [2.75, 3.05) is 21.5 Å². The van der Waals surface area contributed by atoms with Crippen molar-refractivity contribution in [3.05, 3.63) is 60.4 Å². The Morgan fingerprint density at radius 3 is 2.70 bits per heavy atom. The van der Waals surface area contributed by atoms with E-state index in [1.165, 1.54) is 29.7 Å². The smallest absolute Gasteiger partial charge is 0.263 e. The third kappa shape index (κ3) is 4.44. The van der Waals surface area contributed by atoms with E-state index < -0.39 is 10.0 Å². The number of amides is 1. The summed E-state index contributed by atoms with van der Waals surface area (Å²) in [5.74, 6) is -0.117. The molecule has 1 aromatic heterocycles. The summed E-state index contributed by atoms with van der Waals surface area (Å²) in [7, 11) is -3.75. The van der Waals surface area contributed by atoms with Gasteiger partial charge in [0.05, 0.1) is 4.90 Å². The number of fused-ring (bicyclic) bond motifs is 1. The Kier molecular flexibility index (Phi) is 5.69. The lowest BCUT2D eigenvalue weighted by atomic mass is 10.1. The number of hydrogen-bond acceptors (Lipinski definition) is 7. The van der Waals surface area contributed by atoms with Gasteiger partial charge in [0.15, 0.2) is 0 Å². The molecule has 0 aliphatic carbocycles. The largest absolute Gasteiger partial charge is 0.368 e. The number of carbonyl (C=O) groups is 1. The molecule has 1 atom stereocenters. The first-order valence-corrected chi connectivity index (χ1v) is 11.7. The Morgan fingerprint density at radius 2 is 1.97 bits per heavy atom. The van der Waals surface area contributed by atoms with Crippen LogP contribution in [0.3, 0.4) is 0 Å². The fourth-order valence-corrected chi connectivity index (χ4v) is 5.19. The molecule has 0 spiro atoms. The molecule has 156 valence electrons. The monoisotopic (exact) mass is 443 g/mol. The molecule has 0 saturated carbocycles. The van der Waals surface area contributed by atoms with Gasteiger partial charge in [0.2, 0.25) is 11.0 Å². The second-order valence-corrected chi connectivity index (χ2v) is 9.51. The van der Waals surface area contributed by atoms with Gasteiger partial charge in [-0.25, -0.2) is 13.4 Å². The Labute approximate surface area is 179 Å². The summed E-state index contributed by atoms with van der Waals surface area (Å²) in [4.78, 5) is 18.5. The lowest BCUT2D eigenvalue weighted by molar-refractivity contribution is -0.116. The molecule has 10 heteroatoms. The molecular weight excluding hydrogens is 422 g/mol. The van der Waals surface area contributed by atoms with Crippen LogP contribution in [0, 0.1) is 0 Å². The van der Waals surface area contributed by atoms with Crippen molar-refractivity contribution in [2.24, 2.45) is 0 Å². The van der Waals surface area contributed by atoms with Crippen molar-refractivity contribution in [3.63, 3.8) is 0 Å². The summed E-state index contributed by atoms with van der Waals surface area (Å²) in [5, 5.41) is 3.03. The average Bonchev–Trinajstić information content (AvgIpc) is 3.33. The first-order valence-electron chi connectivity index (χ1n) is 9.46. The maximum Gasteiger partial charge on any atom is 0.263 e. The topological polar surface area (TPSA) is 104 Å². The maximum absolute atomic E-state index is 12.4. The highest BCUT2D eigenvalue weighted by molar-refractivity contribution is 7.93. The molecule has 30 heavy (non-hydrogen) atoms. The summed E-state index contributed by atoms with van der Waals surface area (Å²) in [6.45, 7) is 2.79. The van der Waals surface area contributed by atoms with E-state index in [2.05, 4.69) is 43.4 Å². The minimum absolute atomic E-state index is 0.0817. The summed E-state index contributed by atoms with van der Waals surface area (Å²) in [5.41, 5.74) is 3.05. The average molecular weight is 444 g/mol. The number of sulfonamides is 1. The van der Waals surface area contributed by atoms with E-state index in [1.807, 2.05) is 12.1 Å². The van der Waals surface area contributed by atoms with Crippen LogP contribution >= 0.6 is 11.5 Å². The fraction of sp³-hybridized carbons (Fsp3) is 0.250. The minimum Gasteiger partial charge on any atom is -0.368 e. The minimum atomic E-state index is -3.75. The van der Waals surface area contributed by atoms with Crippen molar-refractivity contribution in [3.8, 4) is 0 Å². The highest BCUT2D eigenvalue weighted by Gasteiger charge is 2.25. The quantitative estimate of drug-likeness (QED) is 0.581. The molecule has 1 unspecified atom stereocenters. The van der Waals surface area contributed by atoms with E-state index >= 15 is 0 Å². The van der Waals surface area contributed by atoms with Crippen molar-refractivity contribution < 1.29 is 13.2 Å². The molecule has 2 aromatic carbocycles. The number of nitrogens with one attached hydrogen (secondary N) is 2. The summed E-state index contributed by atoms with van der Waals surface area (Å²) >= 11 is 0.955. The van der Waals surface area contributed by atoms with Gasteiger partial charge >= 0.3 is 0 Å². The van der Waals surface area contributed by atoms with Crippen LogP contribution in [0.1, 0.15) is 18.9 Å². The van der Waals surface area contributed by atoms with E-state index in [1.54, 1.807) is 12.1 Å². The molecule has 1 aliphatic rings. The highest BCUT2D eigenvalue weighted by atomic mass is 32.2. The van der Waals surface area contributed by atoms with Gasteiger partial charge in [-0.15, -0.1) is 0 Å². The molecule has 2 N–H and O–H groups in total. The zero-order chi connectivity index (χ0) is 21.1. The lowest BCUT2D eigenvalue weighted by Crippen LogP contribution is -2.32. The fourth-order valence-electron chi connectivity index (χ4n) is 3.53. The number of nitrogens with zero attached hydrogens (tertiary/aromatic N) is 3. The molecule has 0 fully saturated rings. The zero-order valence-corrected chi connectivity index (χ0v) is 17.9. The van der Waals surface area contributed by atoms with E-state index in [9.17, 15) is 13.2 Å². The third-order valence-corrected chi connectivity index (χ3v) is 7.02. The third-order valence-electron chi connectivity index (χ3n) is 4.96. The van der Waals surface area contributed by atoms with E-state index in [-0.39, 0.29) is 15.9 Å². The van der Waals surface area contributed by atoms with Gasteiger partial charge in [-0.2, -0.15) is 4.37 Å². The van der Waals surface area contributed by atoms with Crippen molar-refractivity contribution >= 4 is 44.0 Å². The molecule has 0 radical (unpaired) electrons. The van der Waals surface area contributed by atoms with Crippen molar-refractivity contribution in [1.82, 2.24) is 9.36 Å². The lowest BCUT2D eigenvalue weighted by Gasteiger charge is -2.24. The Balaban J connectivity index is 1.34. The number of aromatic nitrogens is 2. The van der Waals surface area contributed by atoms with Crippen LogP contribution in [0.4, 0.5) is 16.5 Å². The van der Waals surface area contributed by atoms with Gasteiger partial charge in [0.1, 0.15) is 6.33 Å². The van der Waals surface area contributed by atoms with E-state index in [0.29, 0.717) is 24.7 Å². The van der Waals surface area contributed by atoms with Gasteiger partial charge in [-0.3, -0.25) is 9.52 Å². The number of benzene rings is 2. The van der Waals surface area contributed by atoms with Crippen molar-refractivity contribution in [1.29, 1.82) is 0 Å². The summed E-state index contributed by atoms with van der Waals surface area (Å²) < 4.78 is 30.8. The van der Waals surface area contributed by atoms with E-state index in [0.717, 1.165) is 18.0 Å². The Hall–Kier alpha value is -2.98. The number of rotatable bonds is 7. The SMILES string of the molecule is CC1Cc2ccccc2N1CCC(=O)Nc1ccc(S(=O)(=O)Nc2ncns2)cc1. The predicted molar refractivity (Wildman–Crippen MR) is 117 cm³/mol. The summed E-state index contributed by atoms with van der Waals surface area (Å²) in [6.07, 6.45) is 2.61. The van der Waals surface area contributed by atoms with Gasteiger partial charge in [0.25, 0.3) is 10.0 Å². The molecule has 2 heterocycles. The van der Waals surface area contributed by atoms with Crippen LogP contribution in [-0.2, 0) is 21.2 Å². The first-order chi connectivity index (χ1) is 14.4.